The third-order valence-electron chi connectivity index (χ3n) is 10.6. The van der Waals surface area contributed by atoms with Crippen molar-refractivity contribution in [3.05, 3.63) is 12.2 Å². The molecule has 0 aliphatic heterocycles. The largest absolute Gasteiger partial charge is 0.462 e. The number of unbranched alkanes of at least 4 members (excludes halogenated alkanes) is 33. The van der Waals surface area contributed by atoms with Crippen LogP contribution in [-0.2, 0) is 19.1 Å². The first-order valence-corrected chi connectivity index (χ1v) is 23.2. The maximum atomic E-state index is 12.2. The minimum Gasteiger partial charge on any atom is -0.462 e. The van der Waals surface area contributed by atoms with Crippen molar-refractivity contribution < 1.29 is 24.2 Å². The van der Waals surface area contributed by atoms with Crippen molar-refractivity contribution in [2.75, 3.05) is 13.2 Å². The van der Waals surface area contributed by atoms with E-state index in [9.17, 15) is 14.7 Å². The quantitative estimate of drug-likeness (QED) is 0.0383. The van der Waals surface area contributed by atoms with E-state index in [-0.39, 0.29) is 25.2 Å². The summed E-state index contributed by atoms with van der Waals surface area (Å²) in [5, 5.41) is 9.59. The standard InChI is InChI=1S/C47H90O5/c1-3-5-7-9-11-13-15-17-19-21-22-23-24-26-27-29-31-33-35-37-39-41-46(49)51-44-45(43-48)52-47(50)42-40-38-36-34-32-30-28-25-20-18-16-14-12-10-8-6-4-2/h17,19,45,48H,3-16,18,20-44H2,1-2H3/b19-17+/t45-/m0/s1. The molecule has 0 aliphatic carbocycles. The molecule has 308 valence electrons. The summed E-state index contributed by atoms with van der Waals surface area (Å²) < 4.78 is 10.7. The van der Waals surface area contributed by atoms with E-state index >= 15 is 0 Å². The Kier molecular flexibility index (Phi) is 42.9. The summed E-state index contributed by atoms with van der Waals surface area (Å²) in [6.45, 7) is 4.17. The zero-order valence-electron chi connectivity index (χ0n) is 35.1. The second-order valence-electron chi connectivity index (χ2n) is 15.8. The molecule has 52 heavy (non-hydrogen) atoms. The molecule has 0 radical (unpaired) electrons. The van der Waals surface area contributed by atoms with Crippen LogP contribution >= 0.6 is 0 Å². The molecule has 0 aromatic rings. The number of aliphatic hydroxyl groups is 1. The normalized spacial score (nSPS) is 12.1. The van der Waals surface area contributed by atoms with Gasteiger partial charge in [0, 0.05) is 12.8 Å². The summed E-state index contributed by atoms with van der Waals surface area (Å²) in [7, 11) is 0. The summed E-state index contributed by atoms with van der Waals surface area (Å²) in [5.41, 5.74) is 0. The topological polar surface area (TPSA) is 72.8 Å². The van der Waals surface area contributed by atoms with Crippen LogP contribution in [0.15, 0.2) is 12.2 Å². The van der Waals surface area contributed by atoms with Gasteiger partial charge in [0.05, 0.1) is 6.61 Å². The Morgan fingerprint density at radius 1 is 0.423 bits per heavy atom. The number of allylic oxidation sites excluding steroid dienone is 2. The Morgan fingerprint density at radius 3 is 1.04 bits per heavy atom. The molecular weight excluding hydrogens is 645 g/mol. The Hall–Kier alpha value is -1.36. The molecule has 0 unspecified atom stereocenters. The fourth-order valence-electron chi connectivity index (χ4n) is 7.02. The van der Waals surface area contributed by atoms with Crippen molar-refractivity contribution in [3.63, 3.8) is 0 Å². The Bertz CT molecular complexity index is 750. The molecule has 5 nitrogen and oxygen atoms in total. The molecule has 0 aromatic carbocycles. The van der Waals surface area contributed by atoms with Crippen LogP contribution in [0.1, 0.15) is 258 Å². The molecule has 0 amide bonds. The van der Waals surface area contributed by atoms with Crippen molar-refractivity contribution in [2.24, 2.45) is 0 Å². The minimum atomic E-state index is -0.765. The van der Waals surface area contributed by atoms with E-state index in [2.05, 4.69) is 26.0 Å². The van der Waals surface area contributed by atoms with Crippen LogP contribution in [0.5, 0.6) is 0 Å². The second kappa shape index (κ2) is 44.0. The molecule has 0 rings (SSSR count). The molecule has 1 atom stereocenters. The summed E-state index contributed by atoms with van der Waals surface area (Å²) in [5.74, 6) is -0.575. The van der Waals surface area contributed by atoms with Crippen LogP contribution in [0.2, 0.25) is 0 Å². The lowest BCUT2D eigenvalue weighted by atomic mass is 10.0. The molecule has 0 aromatic heterocycles. The minimum absolute atomic E-state index is 0.0594. The summed E-state index contributed by atoms with van der Waals surface area (Å²) in [6, 6.07) is 0. The Morgan fingerprint density at radius 2 is 0.712 bits per heavy atom. The predicted molar refractivity (Wildman–Crippen MR) is 224 cm³/mol. The zero-order valence-corrected chi connectivity index (χ0v) is 35.1. The fourth-order valence-corrected chi connectivity index (χ4v) is 7.02. The molecule has 0 spiro atoms. The SMILES string of the molecule is CCCCCCCC/C=C/CCCCCCCCCCCCCC(=O)OC[C@H](CO)OC(=O)CCCCCCCCCCCCCCCCCCC. The lowest BCUT2D eigenvalue weighted by Gasteiger charge is -2.15. The zero-order chi connectivity index (χ0) is 37.8. The van der Waals surface area contributed by atoms with Crippen LogP contribution < -0.4 is 0 Å². The number of carbonyl (C=O) groups excluding carboxylic acids is 2. The van der Waals surface area contributed by atoms with E-state index in [1.54, 1.807) is 0 Å². The molecule has 5 heteroatoms. The van der Waals surface area contributed by atoms with E-state index in [0.29, 0.717) is 12.8 Å². The van der Waals surface area contributed by atoms with Crippen molar-refractivity contribution in [2.45, 2.75) is 264 Å². The van der Waals surface area contributed by atoms with E-state index in [1.807, 2.05) is 0 Å². The van der Waals surface area contributed by atoms with Gasteiger partial charge in [-0.3, -0.25) is 9.59 Å². The number of carbonyl (C=O) groups is 2. The van der Waals surface area contributed by atoms with E-state index in [4.69, 9.17) is 9.47 Å². The molecule has 0 fully saturated rings. The van der Waals surface area contributed by atoms with Crippen LogP contribution in [0.25, 0.3) is 0 Å². The predicted octanol–water partition coefficient (Wildman–Crippen LogP) is 14.9. The Labute approximate surface area is 324 Å². The van der Waals surface area contributed by atoms with E-state index in [0.717, 1.165) is 38.5 Å². The number of aliphatic hydroxyl groups excluding tert-OH is 1. The number of esters is 2. The summed E-state index contributed by atoms with van der Waals surface area (Å²) >= 11 is 0. The van der Waals surface area contributed by atoms with Gasteiger partial charge in [-0.15, -0.1) is 0 Å². The van der Waals surface area contributed by atoms with Gasteiger partial charge in [0.15, 0.2) is 6.10 Å². The maximum Gasteiger partial charge on any atom is 0.306 e. The van der Waals surface area contributed by atoms with Gasteiger partial charge in [0.2, 0.25) is 0 Å². The lowest BCUT2D eigenvalue weighted by molar-refractivity contribution is -0.161. The molecule has 0 saturated heterocycles. The maximum absolute atomic E-state index is 12.2. The van der Waals surface area contributed by atoms with Gasteiger partial charge in [-0.2, -0.15) is 0 Å². The highest BCUT2D eigenvalue weighted by atomic mass is 16.6. The first kappa shape index (κ1) is 50.6. The number of hydrogen-bond acceptors (Lipinski definition) is 5. The highest BCUT2D eigenvalue weighted by Crippen LogP contribution is 2.16. The number of hydrogen-bond donors (Lipinski definition) is 1. The van der Waals surface area contributed by atoms with Crippen LogP contribution in [-0.4, -0.2) is 36.4 Å². The van der Waals surface area contributed by atoms with Gasteiger partial charge in [-0.05, 0) is 38.5 Å². The van der Waals surface area contributed by atoms with Crippen molar-refractivity contribution in [1.82, 2.24) is 0 Å². The highest BCUT2D eigenvalue weighted by Gasteiger charge is 2.16. The number of ether oxygens (including phenoxy) is 2. The summed E-state index contributed by atoms with van der Waals surface area (Å²) in [6.07, 6.45) is 51.5. The molecule has 0 aliphatic rings. The number of rotatable bonds is 43. The van der Waals surface area contributed by atoms with Gasteiger partial charge in [-0.25, -0.2) is 0 Å². The average molecular weight is 735 g/mol. The first-order valence-electron chi connectivity index (χ1n) is 23.2. The third-order valence-corrected chi connectivity index (χ3v) is 10.6. The smallest absolute Gasteiger partial charge is 0.306 e. The van der Waals surface area contributed by atoms with Gasteiger partial charge < -0.3 is 14.6 Å². The van der Waals surface area contributed by atoms with E-state index in [1.165, 1.54) is 193 Å². The third kappa shape index (κ3) is 41.4. The molecule has 0 bridgehead atoms. The van der Waals surface area contributed by atoms with Gasteiger partial charge in [0.25, 0.3) is 0 Å². The molecular formula is C47H90O5. The van der Waals surface area contributed by atoms with Gasteiger partial charge >= 0.3 is 11.9 Å². The average Bonchev–Trinajstić information content (AvgIpc) is 3.15. The second-order valence-corrected chi connectivity index (χ2v) is 15.8. The lowest BCUT2D eigenvalue weighted by Crippen LogP contribution is -2.28. The molecule has 0 heterocycles. The van der Waals surface area contributed by atoms with Crippen molar-refractivity contribution >= 4 is 11.9 Å². The molecule has 0 saturated carbocycles. The van der Waals surface area contributed by atoms with Crippen LogP contribution in [0, 0.1) is 0 Å². The van der Waals surface area contributed by atoms with Gasteiger partial charge in [0.1, 0.15) is 6.61 Å². The first-order chi connectivity index (χ1) is 25.6. The van der Waals surface area contributed by atoms with Crippen molar-refractivity contribution in [3.8, 4) is 0 Å². The summed E-state index contributed by atoms with van der Waals surface area (Å²) in [4.78, 5) is 24.4. The molecule has 1 N–H and O–H groups in total. The van der Waals surface area contributed by atoms with Crippen molar-refractivity contribution in [1.29, 1.82) is 0 Å². The van der Waals surface area contributed by atoms with E-state index < -0.39 is 6.10 Å². The van der Waals surface area contributed by atoms with Gasteiger partial charge in [-0.1, -0.05) is 219 Å². The van der Waals surface area contributed by atoms with Crippen LogP contribution in [0.3, 0.4) is 0 Å². The fraction of sp³-hybridized carbons (Fsp3) is 0.915. The van der Waals surface area contributed by atoms with Crippen LogP contribution in [0.4, 0.5) is 0 Å². The monoisotopic (exact) mass is 735 g/mol. The Balaban J connectivity index is 3.46. The highest BCUT2D eigenvalue weighted by molar-refractivity contribution is 5.70.